The highest BCUT2D eigenvalue weighted by Gasteiger charge is 2.26. The van der Waals surface area contributed by atoms with Gasteiger partial charge in [0, 0.05) is 28.7 Å². The third kappa shape index (κ3) is 5.52. The van der Waals surface area contributed by atoms with E-state index in [1.54, 1.807) is 6.07 Å². The van der Waals surface area contributed by atoms with Crippen molar-refractivity contribution in [3.63, 3.8) is 0 Å². The van der Waals surface area contributed by atoms with Gasteiger partial charge in [0.15, 0.2) is 0 Å². The summed E-state index contributed by atoms with van der Waals surface area (Å²) in [5.41, 5.74) is 4.08. The number of H-pyrrole nitrogens is 1. The Morgan fingerprint density at radius 2 is 1.81 bits per heavy atom. The van der Waals surface area contributed by atoms with Crippen LogP contribution in [0.3, 0.4) is 0 Å². The quantitative estimate of drug-likeness (QED) is 0.184. The average Bonchev–Trinajstić information content (AvgIpc) is 3.33. The van der Waals surface area contributed by atoms with Crippen molar-refractivity contribution < 1.29 is 4.74 Å². The Morgan fingerprint density at radius 1 is 1.00 bits per heavy atom. The van der Waals surface area contributed by atoms with Crippen molar-refractivity contribution in [3.05, 3.63) is 119 Å². The average molecular weight is 530 g/mol. The molecule has 1 N–H and O–H groups in total. The minimum absolute atomic E-state index is 0.0647. The van der Waals surface area contributed by atoms with Crippen molar-refractivity contribution in [1.29, 1.82) is 0 Å². The predicted octanol–water partition coefficient (Wildman–Crippen LogP) is 8.74. The molecule has 0 amide bonds. The molecule has 0 saturated carbocycles. The van der Waals surface area contributed by atoms with Crippen molar-refractivity contribution >= 4 is 45.0 Å². The highest BCUT2D eigenvalue weighted by Crippen LogP contribution is 2.35. The molecule has 0 spiro atoms. The summed E-state index contributed by atoms with van der Waals surface area (Å²) in [6.07, 6.45) is 2.65. The van der Waals surface area contributed by atoms with E-state index >= 15 is 0 Å². The number of nitrogens with zero attached hydrogens (tertiary/aromatic N) is 2. The van der Waals surface area contributed by atoms with E-state index in [9.17, 15) is 0 Å². The molecule has 6 heteroatoms. The van der Waals surface area contributed by atoms with E-state index in [1.165, 1.54) is 10.8 Å². The first kappa shape index (κ1) is 25.3. The fourth-order valence-electron chi connectivity index (χ4n) is 4.84. The molecular weight excluding hydrogens is 501 g/mol. The van der Waals surface area contributed by atoms with Gasteiger partial charge in [0.2, 0.25) is 0 Å². The van der Waals surface area contributed by atoms with Crippen molar-refractivity contribution in [2.24, 2.45) is 0 Å². The number of fused-ring (bicyclic) bond motifs is 2. The number of ether oxygens (including phenoxy) is 1. The van der Waals surface area contributed by atoms with Crippen molar-refractivity contribution in [2.45, 2.75) is 32.5 Å². The Morgan fingerprint density at radius 3 is 2.59 bits per heavy atom. The molecule has 4 nitrogen and oxygen atoms in total. The van der Waals surface area contributed by atoms with Crippen LogP contribution in [0.2, 0.25) is 10.0 Å². The molecule has 0 fully saturated rings. The number of aromatic amines is 1. The van der Waals surface area contributed by atoms with Crippen molar-refractivity contribution in [1.82, 2.24) is 14.9 Å². The van der Waals surface area contributed by atoms with Gasteiger partial charge in [0.25, 0.3) is 0 Å². The summed E-state index contributed by atoms with van der Waals surface area (Å²) in [5.74, 6) is 1.78. The van der Waals surface area contributed by atoms with Crippen LogP contribution in [0, 0.1) is 0 Å². The Hall–Kier alpha value is -3.31. The lowest BCUT2D eigenvalue weighted by atomic mass is 10.0. The van der Waals surface area contributed by atoms with Crippen molar-refractivity contribution in [2.75, 3.05) is 6.61 Å². The molecule has 1 heterocycles. The number of hydrogen-bond acceptors (Lipinski definition) is 3. The molecule has 1 unspecified atom stereocenters. The van der Waals surface area contributed by atoms with Gasteiger partial charge in [0.1, 0.15) is 11.6 Å². The van der Waals surface area contributed by atoms with Gasteiger partial charge in [-0.1, -0.05) is 77.8 Å². The van der Waals surface area contributed by atoms with Gasteiger partial charge in [-0.15, -0.1) is 6.58 Å². The zero-order valence-electron chi connectivity index (χ0n) is 20.8. The van der Waals surface area contributed by atoms with E-state index in [2.05, 4.69) is 58.9 Å². The van der Waals surface area contributed by atoms with Crippen LogP contribution in [0.1, 0.15) is 36.3 Å². The van der Waals surface area contributed by atoms with Crippen LogP contribution in [0.25, 0.3) is 21.8 Å². The number of benzene rings is 4. The molecule has 0 aliphatic rings. The van der Waals surface area contributed by atoms with Gasteiger partial charge in [-0.25, -0.2) is 4.98 Å². The molecule has 188 valence electrons. The second kappa shape index (κ2) is 11.4. The molecule has 0 bridgehead atoms. The van der Waals surface area contributed by atoms with Crippen LogP contribution in [-0.2, 0) is 13.1 Å². The zero-order chi connectivity index (χ0) is 25.8. The van der Waals surface area contributed by atoms with E-state index in [0.29, 0.717) is 36.2 Å². The summed E-state index contributed by atoms with van der Waals surface area (Å²) in [6.45, 7) is 7.90. The molecule has 1 atom stereocenters. The first-order valence-electron chi connectivity index (χ1n) is 12.4. The van der Waals surface area contributed by atoms with E-state index in [-0.39, 0.29) is 6.04 Å². The molecular formula is C31H29Cl2N3O. The number of para-hydroxylation sites is 2. The largest absolute Gasteiger partial charge is 0.494 e. The molecule has 0 aliphatic heterocycles. The Labute approximate surface area is 227 Å². The summed E-state index contributed by atoms with van der Waals surface area (Å²) in [4.78, 5) is 10.9. The topological polar surface area (TPSA) is 41.2 Å². The van der Waals surface area contributed by atoms with Gasteiger partial charge >= 0.3 is 0 Å². The zero-order valence-corrected chi connectivity index (χ0v) is 22.3. The second-order valence-electron chi connectivity index (χ2n) is 9.02. The lowest BCUT2D eigenvalue weighted by Crippen LogP contribution is -2.29. The van der Waals surface area contributed by atoms with E-state index in [0.717, 1.165) is 33.7 Å². The molecule has 4 aromatic carbocycles. The maximum absolute atomic E-state index is 6.67. The van der Waals surface area contributed by atoms with E-state index < -0.39 is 0 Å². The summed E-state index contributed by atoms with van der Waals surface area (Å²) in [5, 5.41) is 3.60. The lowest BCUT2D eigenvalue weighted by Gasteiger charge is -2.31. The van der Waals surface area contributed by atoms with Crippen LogP contribution in [-0.4, -0.2) is 21.5 Å². The SMILES string of the molecule is C=CCC(c1nc2ccccc2[nH]1)N(Cc1ccc(Cl)cc1Cl)Cc1c(OCC)ccc2ccccc12. The van der Waals surface area contributed by atoms with Crippen LogP contribution < -0.4 is 4.74 Å². The highest BCUT2D eigenvalue weighted by molar-refractivity contribution is 6.35. The van der Waals surface area contributed by atoms with Crippen molar-refractivity contribution in [3.8, 4) is 5.75 Å². The van der Waals surface area contributed by atoms with Gasteiger partial charge in [0.05, 0.1) is 23.7 Å². The number of imidazole rings is 1. The third-order valence-corrected chi connectivity index (χ3v) is 7.19. The lowest BCUT2D eigenvalue weighted by molar-refractivity contribution is 0.171. The monoisotopic (exact) mass is 529 g/mol. The molecule has 0 saturated heterocycles. The number of nitrogens with one attached hydrogen (secondary N) is 1. The Bertz CT molecular complexity index is 1510. The minimum Gasteiger partial charge on any atom is -0.494 e. The maximum Gasteiger partial charge on any atom is 0.125 e. The van der Waals surface area contributed by atoms with Crippen LogP contribution >= 0.6 is 23.2 Å². The normalized spacial score (nSPS) is 12.3. The van der Waals surface area contributed by atoms with Gasteiger partial charge in [-0.3, -0.25) is 4.90 Å². The van der Waals surface area contributed by atoms with Crippen LogP contribution in [0.5, 0.6) is 5.75 Å². The third-order valence-electron chi connectivity index (χ3n) is 6.60. The second-order valence-corrected chi connectivity index (χ2v) is 9.86. The number of hydrogen-bond donors (Lipinski definition) is 1. The summed E-state index contributed by atoms with van der Waals surface area (Å²) < 4.78 is 6.12. The van der Waals surface area contributed by atoms with E-state index in [4.69, 9.17) is 32.9 Å². The first-order valence-corrected chi connectivity index (χ1v) is 13.2. The smallest absolute Gasteiger partial charge is 0.125 e. The van der Waals surface area contributed by atoms with Crippen LogP contribution in [0.4, 0.5) is 0 Å². The fourth-order valence-corrected chi connectivity index (χ4v) is 5.31. The Balaban J connectivity index is 1.64. The number of halogens is 2. The van der Waals surface area contributed by atoms with E-state index in [1.807, 2.05) is 43.3 Å². The molecule has 0 aliphatic carbocycles. The standard InChI is InChI=1S/C31H29Cl2N3O/c1-3-9-29(31-34-27-12-7-8-13-28(27)35-31)36(19-22-14-16-23(32)18-26(22)33)20-25-24-11-6-5-10-21(24)15-17-30(25)37-4-2/h3,5-8,10-18,29H,1,4,9,19-20H2,2H3,(H,34,35). The number of aromatic nitrogens is 2. The number of rotatable bonds is 10. The minimum atomic E-state index is -0.0647. The Kier molecular flexibility index (Phi) is 7.80. The van der Waals surface area contributed by atoms with Gasteiger partial charge in [-0.05, 0) is 60.0 Å². The molecule has 37 heavy (non-hydrogen) atoms. The van der Waals surface area contributed by atoms with Gasteiger partial charge < -0.3 is 9.72 Å². The summed E-state index contributed by atoms with van der Waals surface area (Å²) in [7, 11) is 0. The molecule has 1 aromatic heterocycles. The summed E-state index contributed by atoms with van der Waals surface area (Å²) in [6, 6.07) is 26.3. The fraction of sp³-hybridized carbons (Fsp3) is 0.194. The summed E-state index contributed by atoms with van der Waals surface area (Å²) >= 11 is 12.9. The molecule has 5 rings (SSSR count). The van der Waals surface area contributed by atoms with Gasteiger partial charge in [-0.2, -0.15) is 0 Å². The first-order chi connectivity index (χ1) is 18.1. The van der Waals surface area contributed by atoms with Crippen LogP contribution in [0.15, 0.2) is 91.5 Å². The molecule has 5 aromatic rings. The predicted molar refractivity (Wildman–Crippen MR) is 154 cm³/mol. The maximum atomic E-state index is 6.67. The highest BCUT2D eigenvalue weighted by atomic mass is 35.5. The molecule has 0 radical (unpaired) electrons.